The van der Waals surface area contributed by atoms with E-state index < -0.39 is 5.97 Å². The molecule has 0 bridgehead atoms. The van der Waals surface area contributed by atoms with Gasteiger partial charge in [0.25, 0.3) is 0 Å². The highest BCUT2D eigenvalue weighted by atomic mass is 16.5. The Kier molecular flexibility index (Phi) is 4.62. The van der Waals surface area contributed by atoms with Crippen molar-refractivity contribution in [3.8, 4) is 29.3 Å². The number of hydrogen-bond acceptors (Lipinski definition) is 8. The Morgan fingerprint density at radius 2 is 1.73 bits per heavy atom. The van der Waals surface area contributed by atoms with E-state index in [0.717, 1.165) is 0 Å². The second kappa shape index (κ2) is 6.61. The Bertz CT molecular complexity index is 667. The zero-order valence-corrected chi connectivity index (χ0v) is 12.2. The number of aromatic nitrogens is 2. The lowest BCUT2D eigenvalue weighted by molar-refractivity contribution is 0.0594. The van der Waals surface area contributed by atoms with Gasteiger partial charge >= 0.3 is 12.0 Å². The normalized spacial score (nSPS) is 9.95. The maximum atomic E-state index is 11.7. The van der Waals surface area contributed by atoms with Crippen LogP contribution in [0.2, 0.25) is 0 Å². The van der Waals surface area contributed by atoms with Crippen LogP contribution in [-0.4, -0.2) is 42.4 Å². The average molecular weight is 306 g/mol. The van der Waals surface area contributed by atoms with Crippen molar-refractivity contribution >= 4 is 5.97 Å². The molecule has 1 aromatic carbocycles. The number of ether oxygens (including phenoxy) is 4. The van der Waals surface area contributed by atoms with Crippen LogP contribution in [-0.2, 0) is 4.74 Å². The van der Waals surface area contributed by atoms with E-state index in [1.54, 1.807) is 0 Å². The Morgan fingerprint density at radius 1 is 1.09 bits per heavy atom. The predicted molar refractivity (Wildman–Crippen MR) is 74.7 cm³/mol. The maximum Gasteiger partial charge on any atom is 0.345 e. The minimum absolute atomic E-state index is 0.0437. The van der Waals surface area contributed by atoms with Gasteiger partial charge in [0.15, 0.2) is 0 Å². The topological polar surface area (TPSA) is 100 Å². The zero-order valence-electron chi connectivity index (χ0n) is 12.2. The van der Waals surface area contributed by atoms with Crippen LogP contribution in [0.15, 0.2) is 24.3 Å². The molecular weight excluding hydrogens is 292 g/mol. The molecular formula is C14H14N2O6. The Hall–Kier alpha value is -3.03. The van der Waals surface area contributed by atoms with Crippen LogP contribution in [0.25, 0.3) is 0 Å². The highest BCUT2D eigenvalue weighted by molar-refractivity contribution is 5.95. The van der Waals surface area contributed by atoms with Gasteiger partial charge in [-0.05, 0) is 12.1 Å². The standard InChI is InChI=1S/C14H14N2O6/c1-19-10-7-11(20-2)16-14(15-10)22-9-6-4-5-8(17)12(9)13(18)21-3/h4-7,17H,1-3H3. The first-order valence-corrected chi connectivity index (χ1v) is 6.14. The van der Waals surface area contributed by atoms with Crippen molar-refractivity contribution in [2.24, 2.45) is 0 Å². The van der Waals surface area contributed by atoms with E-state index in [0.29, 0.717) is 0 Å². The molecule has 0 atom stereocenters. The van der Waals surface area contributed by atoms with Crippen LogP contribution in [0, 0.1) is 0 Å². The van der Waals surface area contributed by atoms with Crippen molar-refractivity contribution in [3.63, 3.8) is 0 Å². The molecule has 0 fully saturated rings. The van der Waals surface area contributed by atoms with Crippen molar-refractivity contribution < 1.29 is 28.8 Å². The highest BCUT2D eigenvalue weighted by Crippen LogP contribution is 2.31. The molecule has 1 aromatic heterocycles. The molecule has 8 nitrogen and oxygen atoms in total. The molecule has 1 heterocycles. The van der Waals surface area contributed by atoms with Crippen LogP contribution in [0.5, 0.6) is 29.3 Å². The summed E-state index contributed by atoms with van der Waals surface area (Å²) in [6.45, 7) is 0. The number of rotatable bonds is 5. The first-order chi connectivity index (χ1) is 10.6. The minimum Gasteiger partial charge on any atom is -0.507 e. The van der Waals surface area contributed by atoms with Gasteiger partial charge in [0.2, 0.25) is 11.8 Å². The van der Waals surface area contributed by atoms with Gasteiger partial charge in [-0.3, -0.25) is 0 Å². The molecule has 0 aliphatic heterocycles. The maximum absolute atomic E-state index is 11.7. The largest absolute Gasteiger partial charge is 0.507 e. The van der Waals surface area contributed by atoms with Crippen molar-refractivity contribution in [1.82, 2.24) is 9.97 Å². The number of aromatic hydroxyl groups is 1. The molecule has 116 valence electrons. The third-order valence-electron chi connectivity index (χ3n) is 2.67. The van der Waals surface area contributed by atoms with Crippen LogP contribution < -0.4 is 14.2 Å². The van der Waals surface area contributed by atoms with Gasteiger partial charge in [0.1, 0.15) is 17.1 Å². The van der Waals surface area contributed by atoms with E-state index in [1.807, 2.05) is 0 Å². The van der Waals surface area contributed by atoms with Crippen LogP contribution in [0.3, 0.4) is 0 Å². The van der Waals surface area contributed by atoms with Gasteiger partial charge in [-0.2, -0.15) is 9.97 Å². The summed E-state index contributed by atoms with van der Waals surface area (Å²) < 4.78 is 20.1. The number of hydrogen-bond donors (Lipinski definition) is 1. The SMILES string of the molecule is COC(=O)c1c(O)cccc1Oc1nc(OC)cc(OC)n1. The van der Waals surface area contributed by atoms with E-state index in [2.05, 4.69) is 14.7 Å². The van der Waals surface area contributed by atoms with E-state index >= 15 is 0 Å². The molecule has 0 radical (unpaired) electrons. The molecule has 8 heteroatoms. The minimum atomic E-state index is -0.747. The fourth-order valence-electron chi connectivity index (χ4n) is 1.65. The van der Waals surface area contributed by atoms with Gasteiger partial charge in [0.05, 0.1) is 27.4 Å². The summed E-state index contributed by atoms with van der Waals surface area (Å²) >= 11 is 0. The Morgan fingerprint density at radius 3 is 2.27 bits per heavy atom. The number of nitrogens with zero attached hydrogens (tertiary/aromatic N) is 2. The Labute approximate surface area is 126 Å². The predicted octanol–water partition coefficient (Wildman–Crippen LogP) is 1.78. The lowest BCUT2D eigenvalue weighted by Gasteiger charge is -2.11. The van der Waals surface area contributed by atoms with Crippen LogP contribution in [0.1, 0.15) is 10.4 Å². The third-order valence-corrected chi connectivity index (χ3v) is 2.67. The number of esters is 1. The first kappa shape index (κ1) is 15.4. The summed E-state index contributed by atoms with van der Waals surface area (Å²) in [7, 11) is 4.06. The molecule has 22 heavy (non-hydrogen) atoms. The van der Waals surface area contributed by atoms with E-state index in [-0.39, 0.29) is 34.8 Å². The fourth-order valence-corrected chi connectivity index (χ4v) is 1.65. The van der Waals surface area contributed by atoms with E-state index in [1.165, 1.54) is 45.6 Å². The van der Waals surface area contributed by atoms with Crippen LogP contribution in [0.4, 0.5) is 0 Å². The second-order valence-electron chi connectivity index (χ2n) is 3.98. The lowest BCUT2D eigenvalue weighted by Crippen LogP contribution is -2.05. The molecule has 0 unspecified atom stereocenters. The number of phenols is 1. The Balaban J connectivity index is 2.43. The van der Waals surface area contributed by atoms with Crippen molar-refractivity contribution in [1.29, 1.82) is 0 Å². The average Bonchev–Trinajstić information content (AvgIpc) is 2.54. The number of methoxy groups -OCH3 is 3. The van der Waals surface area contributed by atoms with Crippen molar-refractivity contribution in [2.45, 2.75) is 0 Å². The van der Waals surface area contributed by atoms with Crippen LogP contribution >= 0.6 is 0 Å². The summed E-state index contributed by atoms with van der Waals surface area (Å²) in [6.07, 6.45) is 0. The van der Waals surface area contributed by atoms with E-state index in [9.17, 15) is 9.90 Å². The lowest BCUT2D eigenvalue weighted by atomic mass is 10.2. The zero-order chi connectivity index (χ0) is 16.1. The molecule has 1 N–H and O–H groups in total. The molecule has 0 saturated heterocycles. The highest BCUT2D eigenvalue weighted by Gasteiger charge is 2.20. The molecule has 0 aliphatic carbocycles. The van der Waals surface area contributed by atoms with Gasteiger partial charge in [-0.25, -0.2) is 4.79 Å². The molecule has 0 saturated carbocycles. The quantitative estimate of drug-likeness (QED) is 0.834. The van der Waals surface area contributed by atoms with Gasteiger partial charge in [0, 0.05) is 0 Å². The fraction of sp³-hybridized carbons (Fsp3) is 0.214. The van der Waals surface area contributed by atoms with Gasteiger partial charge < -0.3 is 24.1 Å². The molecule has 0 amide bonds. The molecule has 0 spiro atoms. The summed E-state index contributed by atoms with van der Waals surface area (Å²) in [4.78, 5) is 19.7. The van der Waals surface area contributed by atoms with Gasteiger partial charge in [-0.15, -0.1) is 0 Å². The molecule has 2 aromatic rings. The second-order valence-corrected chi connectivity index (χ2v) is 3.98. The van der Waals surface area contributed by atoms with Gasteiger partial charge in [-0.1, -0.05) is 6.07 Å². The number of carbonyl (C=O) groups is 1. The molecule has 0 aliphatic rings. The van der Waals surface area contributed by atoms with Crippen molar-refractivity contribution in [3.05, 3.63) is 29.8 Å². The smallest absolute Gasteiger partial charge is 0.345 e. The number of phenolic OH excluding ortho intramolecular Hbond substituents is 1. The first-order valence-electron chi connectivity index (χ1n) is 6.14. The summed E-state index contributed by atoms with van der Waals surface area (Å²) in [5.74, 6) is -0.535. The summed E-state index contributed by atoms with van der Waals surface area (Å²) in [6, 6.07) is 5.69. The summed E-state index contributed by atoms with van der Waals surface area (Å²) in [5.41, 5.74) is -0.129. The van der Waals surface area contributed by atoms with Crippen molar-refractivity contribution in [2.75, 3.05) is 21.3 Å². The summed E-state index contributed by atoms with van der Waals surface area (Å²) in [5, 5.41) is 9.80. The third kappa shape index (κ3) is 3.17. The number of carbonyl (C=O) groups excluding carboxylic acids is 1. The monoisotopic (exact) mass is 306 g/mol. The number of benzene rings is 1. The molecule has 2 rings (SSSR count). The van der Waals surface area contributed by atoms with E-state index in [4.69, 9.17) is 14.2 Å².